The first-order valence-corrected chi connectivity index (χ1v) is 9.96. The SMILES string of the molecule is Cc1ccc2cc(CN(C)CCCN3CCN(C)CC3)c(Cl)nc2c1C. The van der Waals surface area contributed by atoms with Crippen molar-refractivity contribution in [3.05, 3.63) is 40.0 Å². The van der Waals surface area contributed by atoms with E-state index in [1.165, 1.54) is 55.7 Å². The first-order valence-electron chi connectivity index (χ1n) is 9.59. The molecule has 2 heterocycles. The third kappa shape index (κ3) is 4.74. The van der Waals surface area contributed by atoms with Crippen LogP contribution in [-0.2, 0) is 6.54 Å². The van der Waals surface area contributed by atoms with Gasteiger partial charge in [0.2, 0.25) is 0 Å². The third-order valence-electron chi connectivity index (χ3n) is 5.59. The van der Waals surface area contributed by atoms with Gasteiger partial charge in [-0.1, -0.05) is 23.7 Å². The Morgan fingerprint density at radius 2 is 1.88 bits per heavy atom. The van der Waals surface area contributed by atoms with Gasteiger partial charge in [0.25, 0.3) is 0 Å². The van der Waals surface area contributed by atoms with Gasteiger partial charge in [0.1, 0.15) is 5.15 Å². The lowest BCUT2D eigenvalue weighted by Gasteiger charge is -2.32. The second-order valence-corrected chi connectivity index (χ2v) is 8.11. The van der Waals surface area contributed by atoms with E-state index in [4.69, 9.17) is 11.6 Å². The van der Waals surface area contributed by atoms with Crippen LogP contribution in [0.15, 0.2) is 18.2 Å². The summed E-state index contributed by atoms with van der Waals surface area (Å²) in [4.78, 5) is 12.0. The summed E-state index contributed by atoms with van der Waals surface area (Å²) in [5.41, 5.74) is 4.62. The maximum absolute atomic E-state index is 6.49. The molecule has 1 aromatic heterocycles. The molecule has 1 aromatic carbocycles. The van der Waals surface area contributed by atoms with Crippen LogP contribution >= 0.6 is 11.6 Å². The Morgan fingerprint density at radius 1 is 1.15 bits per heavy atom. The van der Waals surface area contributed by atoms with Gasteiger partial charge in [0.15, 0.2) is 0 Å². The summed E-state index contributed by atoms with van der Waals surface area (Å²) >= 11 is 6.49. The molecule has 0 bridgehead atoms. The van der Waals surface area contributed by atoms with E-state index >= 15 is 0 Å². The highest BCUT2D eigenvalue weighted by Crippen LogP contribution is 2.25. The quantitative estimate of drug-likeness (QED) is 0.721. The number of halogens is 1. The van der Waals surface area contributed by atoms with Crippen LogP contribution in [0.1, 0.15) is 23.1 Å². The number of rotatable bonds is 6. The Morgan fingerprint density at radius 3 is 2.62 bits per heavy atom. The number of fused-ring (bicyclic) bond motifs is 1. The van der Waals surface area contributed by atoms with Crippen molar-refractivity contribution < 1.29 is 0 Å². The molecule has 4 nitrogen and oxygen atoms in total. The lowest BCUT2D eigenvalue weighted by atomic mass is 10.0. The highest BCUT2D eigenvalue weighted by molar-refractivity contribution is 6.30. The number of aromatic nitrogens is 1. The largest absolute Gasteiger partial charge is 0.304 e. The predicted molar refractivity (Wildman–Crippen MR) is 111 cm³/mol. The lowest BCUT2D eigenvalue weighted by molar-refractivity contribution is 0.147. The fraction of sp³-hybridized carbons (Fsp3) is 0.571. The molecule has 5 heteroatoms. The van der Waals surface area contributed by atoms with Crippen molar-refractivity contribution >= 4 is 22.5 Å². The number of benzene rings is 1. The zero-order valence-electron chi connectivity index (χ0n) is 16.6. The summed E-state index contributed by atoms with van der Waals surface area (Å²) in [5, 5.41) is 1.82. The molecule has 0 atom stereocenters. The number of piperazine rings is 1. The molecule has 0 unspecified atom stereocenters. The van der Waals surface area contributed by atoms with Crippen LogP contribution in [0.3, 0.4) is 0 Å². The van der Waals surface area contributed by atoms with Crippen LogP contribution in [0.5, 0.6) is 0 Å². The minimum absolute atomic E-state index is 0.636. The number of nitrogens with zero attached hydrogens (tertiary/aromatic N) is 4. The van der Waals surface area contributed by atoms with E-state index in [0.29, 0.717) is 5.15 Å². The molecule has 0 amide bonds. The van der Waals surface area contributed by atoms with Crippen LogP contribution in [0, 0.1) is 13.8 Å². The summed E-state index contributed by atoms with van der Waals surface area (Å²) in [6.07, 6.45) is 1.19. The van der Waals surface area contributed by atoms with E-state index in [-0.39, 0.29) is 0 Å². The van der Waals surface area contributed by atoms with Crippen molar-refractivity contribution in [2.75, 3.05) is 53.4 Å². The molecule has 142 valence electrons. The highest BCUT2D eigenvalue weighted by atomic mass is 35.5. The average molecular weight is 375 g/mol. The van der Waals surface area contributed by atoms with Gasteiger partial charge in [-0.2, -0.15) is 0 Å². The number of pyridine rings is 1. The molecule has 2 aromatic rings. The number of hydrogen-bond donors (Lipinski definition) is 0. The van der Waals surface area contributed by atoms with Gasteiger partial charge in [-0.05, 0) is 64.6 Å². The molecule has 1 saturated heterocycles. The summed E-state index contributed by atoms with van der Waals surface area (Å²) < 4.78 is 0. The smallest absolute Gasteiger partial charge is 0.134 e. The number of likely N-dealkylation sites (N-methyl/N-ethyl adjacent to an activating group) is 1. The second-order valence-electron chi connectivity index (χ2n) is 7.75. The minimum atomic E-state index is 0.636. The highest BCUT2D eigenvalue weighted by Gasteiger charge is 2.14. The molecule has 0 saturated carbocycles. The van der Waals surface area contributed by atoms with Gasteiger partial charge in [-0.15, -0.1) is 0 Å². The van der Waals surface area contributed by atoms with Gasteiger partial charge in [-0.25, -0.2) is 4.98 Å². The maximum atomic E-state index is 6.49. The van der Waals surface area contributed by atoms with Gasteiger partial charge in [0.05, 0.1) is 5.52 Å². The monoisotopic (exact) mass is 374 g/mol. The van der Waals surface area contributed by atoms with Gasteiger partial charge >= 0.3 is 0 Å². The zero-order chi connectivity index (χ0) is 18.7. The second kappa shape index (κ2) is 8.66. The lowest BCUT2D eigenvalue weighted by Crippen LogP contribution is -2.45. The summed E-state index contributed by atoms with van der Waals surface area (Å²) in [6, 6.07) is 6.52. The van der Waals surface area contributed by atoms with Crippen molar-refractivity contribution in [1.82, 2.24) is 19.7 Å². The molecule has 1 fully saturated rings. The molecule has 0 spiro atoms. The van der Waals surface area contributed by atoms with Crippen molar-refractivity contribution in [3.8, 4) is 0 Å². The van der Waals surface area contributed by atoms with E-state index < -0.39 is 0 Å². The van der Waals surface area contributed by atoms with Crippen LogP contribution in [0.25, 0.3) is 10.9 Å². The molecular weight excluding hydrogens is 344 g/mol. The van der Waals surface area contributed by atoms with E-state index in [9.17, 15) is 0 Å². The van der Waals surface area contributed by atoms with Crippen LogP contribution < -0.4 is 0 Å². The third-order valence-corrected chi connectivity index (χ3v) is 5.92. The molecule has 0 N–H and O–H groups in total. The molecule has 1 aliphatic heterocycles. The van der Waals surface area contributed by atoms with E-state index in [0.717, 1.165) is 24.2 Å². The Bertz CT molecular complexity index is 753. The van der Waals surface area contributed by atoms with Crippen molar-refractivity contribution in [3.63, 3.8) is 0 Å². The summed E-state index contributed by atoms with van der Waals surface area (Å²) in [7, 11) is 4.38. The van der Waals surface area contributed by atoms with E-state index in [1.54, 1.807) is 0 Å². The fourth-order valence-corrected chi connectivity index (χ4v) is 3.82. The van der Waals surface area contributed by atoms with E-state index in [1.807, 2.05) is 0 Å². The van der Waals surface area contributed by atoms with Crippen LogP contribution in [0.2, 0.25) is 5.15 Å². The van der Waals surface area contributed by atoms with Crippen LogP contribution in [-0.4, -0.2) is 73.0 Å². The van der Waals surface area contributed by atoms with Crippen molar-refractivity contribution in [2.45, 2.75) is 26.8 Å². The predicted octanol–water partition coefficient (Wildman–Crippen LogP) is 3.57. The fourth-order valence-electron chi connectivity index (χ4n) is 3.62. The molecular formula is C21H31ClN4. The standard InChI is InChI=1S/C21H31ClN4/c1-16-6-7-18-14-19(21(22)23-20(18)17(16)2)15-25(4)8-5-9-26-12-10-24(3)11-13-26/h6-7,14H,5,8-13,15H2,1-4H3. The average Bonchev–Trinajstić information content (AvgIpc) is 2.61. The first-order chi connectivity index (χ1) is 12.4. The Kier molecular flexibility index (Phi) is 6.51. The van der Waals surface area contributed by atoms with Crippen LogP contribution in [0.4, 0.5) is 0 Å². The minimum Gasteiger partial charge on any atom is -0.304 e. The Balaban J connectivity index is 1.56. The van der Waals surface area contributed by atoms with Crippen molar-refractivity contribution in [2.24, 2.45) is 0 Å². The van der Waals surface area contributed by atoms with Crippen molar-refractivity contribution in [1.29, 1.82) is 0 Å². The maximum Gasteiger partial charge on any atom is 0.134 e. The zero-order valence-corrected chi connectivity index (χ0v) is 17.3. The molecule has 3 rings (SSSR count). The normalized spacial score (nSPS) is 16.7. The number of hydrogen-bond acceptors (Lipinski definition) is 4. The van der Waals surface area contributed by atoms with E-state index in [2.05, 4.69) is 65.8 Å². The summed E-state index contributed by atoms with van der Waals surface area (Å²) in [6.45, 7) is 12.1. The van der Waals surface area contributed by atoms with Gasteiger partial charge in [0, 0.05) is 43.7 Å². The molecule has 0 radical (unpaired) electrons. The topological polar surface area (TPSA) is 22.6 Å². The number of aryl methyl sites for hydroxylation is 2. The van der Waals surface area contributed by atoms with Gasteiger partial charge < -0.3 is 14.7 Å². The summed E-state index contributed by atoms with van der Waals surface area (Å²) in [5.74, 6) is 0. The first kappa shape index (κ1) is 19.6. The Hall–Kier alpha value is -1.20. The van der Waals surface area contributed by atoms with Gasteiger partial charge in [-0.3, -0.25) is 0 Å². The molecule has 26 heavy (non-hydrogen) atoms. The molecule has 1 aliphatic rings. The molecule has 0 aliphatic carbocycles. The Labute approximate surface area is 162 Å².